The largest absolute Gasteiger partial charge is 0.479 e. The number of methoxy groups -OCH3 is 1. The van der Waals surface area contributed by atoms with Crippen molar-refractivity contribution in [1.82, 2.24) is 19.5 Å². The molecule has 0 radical (unpaired) electrons. The first-order valence-corrected chi connectivity index (χ1v) is 6.69. The van der Waals surface area contributed by atoms with Gasteiger partial charge >= 0.3 is 0 Å². The Hall–Kier alpha value is -1.72. The highest BCUT2D eigenvalue weighted by Crippen LogP contribution is 2.38. The molecule has 3 rings (SSSR count). The van der Waals surface area contributed by atoms with Gasteiger partial charge in [0.15, 0.2) is 11.2 Å². The van der Waals surface area contributed by atoms with Crippen LogP contribution in [0.4, 0.5) is 5.95 Å². The zero-order valence-electron chi connectivity index (χ0n) is 11.5. The third-order valence-corrected chi connectivity index (χ3v) is 3.83. The molecular weight excluding hydrogens is 318 g/mol. The normalized spacial score (nSPS) is 28.4. The third-order valence-electron chi connectivity index (χ3n) is 3.58. The maximum absolute atomic E-state index is 10.2. The fourth-order valence-corrected chi connectivity index (χ4v) is 2.82. The molecule has 120 valence electrons. The number of aliphatic hydroxyl groups is 3. The number of halogens is 1. The van der Waals surface area contributed by atoms with Crippen molar-refractivity contribution >= 4 is 28.7 Å². The first-order chi connectivity index (χ1) is 10.4. The molecule has 0 bridgehead atoms. The van der Waals surface area contributed by atoms with E-state index in [-0.39, 0.29) is 34.9 Å². The number of nitrogens with two attached hydrogens (primary N) is 1. The van der Waals surface area contributed by atoms with E-state index in [9.17, 15) is 15.3 Å². The van der Waals surface area contributed by atoms with Crippen LogP contribution in [0.5, 0.6) is 5.88 Å². The summed E-state index contributed by atoms with van der Waals surface area (Å²) in [5.74, 6) is -0.0208. The lowest BCUT2D eigenvalue weighted by molar-refractivity contribution is -0.149. The van der Waals surface area contributed by atoms with E-state index in [0.717, 1.165) is 0 Å². The monoisotopic (exact) mass is 331 g/mol. The lowest BCUT2D eigenvalue weighted by Gasteiger charge is -2.31. The summed E-state index contributed by atoms with van der Waals surface area (Å²) in [6.07, 6.45) is -2.63. The summed E-state index contributed by atoms with van der Waals surface area (Å²) in [5.41, 5.74) is 4.19. The molecule has 1 fully saturated rings. The van der Waals surface area contributed by atoms with Crippen molar-refractivity contribution < 1.29 is 24.8 Å². The Bertz CT molecular complexity index is 724. The van der Waals surface area contributed by atoms with Gasteiger partial charge in [0, 0.05) is 0 Å². The van der Waals surface area contributed by atoms with Gasteiger partial charge in [0.1, 0.15) is 12.2 Å². The van der Waals surface area contributed by atoms with Crippen LogP contribution >= 0.6 is 11.6 Å². The minimum absolute atomic E-state index is 0.0873. The molecule has 0 saturated carbocycles. The SMILES string of the molecule is COc1nc(N)nc2c1nc(Cl)n2[C@@]1(CO)OC[C@H](O)[C@@H]1O. The second-order valence-electron chi connectivity index (χ2n) is 4.81. The average Bonchev–Trinajstić information content (AvgIpc) is 2.97. The number of hydrogen-bond acceptors (Lipinski definition) is 9. The Labute approximate surface area is 129 Å². The van der Waals surface area contributed by atoms with Crippen molar-refractivity contribution in [2.75, 3.05) is 26.1 Å². The van der Waals surface area contributed by atoms with Gasteiger partial charge in [-0.3, -0.25) is 4.57 Å². The summed E-state index contributed by atoms with van der Waals surface area (Å²) >= 11 is 6.11. The van der Waals surface area contributed by atoms with Crippen LogP contribution in [0.2, 0.25) is 5.28 Å². The number of ether oxygens (including phenoxy) is 2. The molecule has 0 spiro atoms. The Morgan fingerprint density at radius 3 is 2.73 bits per heavy atom. The molecule has 10 nitrogen and oxygen atoms in total. The van der Waals surface area contributed by atoms with Crippen LogP contribution < -0.4 is 10.5 Å². The maximum atomic E-state index is 10.2. The van der Waals surface area contributed by atoms with E-state index >= 15 is 0 Å². The van der Waals surface area contributed by atoms with Crippen LogP contribution in [0.15, 0.2) is 0 Å². The lowest BCUT2D eigenvalue weighted by atomic mass is 10.1. The van der Waals surface area contributed by atoms with Crippen LogP contribution in [0, 0.1) is 0 Å². The molecule has 0 aromatic carbocycles. The number of aromatic nitrogens is 4. The zero-order chi connectivity index (χ0) is 16.1. The molecule has 2 aromatic rings. The Balaban J connectivity index is 2.31. The number of aliphatic hydroxyl groups excluding tert-OH is 3. The van der Waals surface area contributed by atoms with E-state index in [1.165, 1.54) is 11.7 Å². The first kappa shape index (κ1) is 15.2. The number of nitrogen functional groups attached to an aromatic ring is 1. The van der Waals surface area contributed by atoms with Crippen molar-refractivity contribution in [2.24, 2.45) is 0 Å². The third kappa shape index (κ3) is 1.92. The number of anilines is 1. The summed E-state index contributed by atoms with van der Waals surface area (Å²) < 4.78 is 11.7. The molecule has 1 aliphatic heterocycles. The minimum atomic E-state index is -1.73. The molecule has 2 aromatic heterocycles. The van der Waals surface area contributed by atoms with Crippen LogP contribution in [0.25, 0.3) is 11.2 Å². The van der Waals surface area contributed by atoms with Gasteiger partial charge in [-0.25, -0.2) is 4.98 Å². The van der Waals surface area contributed by atoms with Crippen molar-refractivity contribution in [3.8, 4) is 5.88 Å². The highest BCUT2D eigenvalue weighted by molar-refractivity contribution is 6.29. The van der Waals surface area contributed by atoms with E-state index in [1.54, 1.807) is 0 Å². The molecule has 0 unspecified atom stereocenters. The maximum Gasteiger partial charge on any atom is 0.247 e. The van der Waals surface area contributed by atoms with Crippen LogP contribution in [-0.2, 0) is 10.5 Å². The smallest absolute Gasteiger partial charge is 0.247 e. The van der Waals surface area contributed by atoms with Gasteiger partial charge in [0.2, 0.25) is 22.8 Å². The molecule has 0 amide bonds. The highest BCUT2D eigenvalue weighted by Gasteiger charge is 2.52. The van der Waals surface area contributed by atoms with Crippen LogP contribution in [0.1, 0.15) is 0 Å². The molecule has 5 N–H and O–H groups in total. The molecule has 3 heterocycles. The van der Waals surface area contributed by atoms with Crippen LogP contribution in [0.3, 0.4) is 0 Å². The van der Waals surface area contributed by atoms with E-state index in [0.29, 0.717) is 0 Å². The summed E-state index contributed by atoms with van der Waals surface area (Å²) in [6.45, 7) is -0.849. The number of nitrogens with zero attached hydrogens (tertiary/aromatic N) is 4. The molecule has 22 heavy (non-hydrogen) atoms. The second-order valence-corrected chi connectivity index (χ2v) is 5.14. The highest BCUT2D eigenvalue weighted by atomic mass is 35.5. The standard InChI is InChI=1S/C11H14ClN5O5/c1-21-8-5-7(15-10(13)16-8)17(9(12)14-5)11(3-18)6(20)4(19)2-22-11/h4,6,18-20H,2-3H2,1H3,(H2,13,15,16)/t4-,6-,11-/m0/s1. The molecule has 1 aliphatic rings. The van der Waals surface area contributed by atoms with Crippen molar-refractivity contribution in [1.29, 1.82) is 0 Å². The molecule has 3 atom stereocenters. The second kappa shape index (κ2) is 5.18. The summed E-state index contributed by atoms with van der Waals surface area (Å²) in [7, 11) is 1.38. The first-order valence-electron chi connectivity index (χ1n) is 6.31. The van der Waals surface area contributed by atoms with Gasteiger partial charge < -0.3 is 30.5 Å². The van der Waals surface area contributed by atoms with Gasteiger partial charge in [-0.2, -0.15) is 9.97 Å². The van der Waals surface area contributed by atoms with Gasteiger partial charge in [0.25, 0.3) is 0 Å². The summed E-state index contributed by atoms with van der Waals surface area (Å²) in [4.78, 5) is 12.0. The molecule has 11 heteroatoms. The van der Waals surface area contributed by atoms with Crippen molar-refractivity contribution in [3.05, 3.63) is 5.28 Å². The lowest BCUT2D eigenvalue weighted by Crippen LogP contribution is -2.48. The topological polar surface area (TPSA) is 149 Å². The number of imidazole rings is 1. The van der Waals surface area contributed by atoms with Gasteiger partial charge in [-0.1, -0.05) is 0 Å². The van der Waals surface area contributed by atoms with E-state index in [4.69, 9.17) is 26.8 Å². The predicted octanol–water partition coefficient (Wildman–Crippen LogP) is -1.53. The quantitative estimate of drug-likeness (QED) is 0.491. The zero-order valence-corrected chi connectivity index (χ0v) is 12.2. The van der Waals surface area contributed by atoms with Crippen molar-refractivity contribution in [3.63, 3.8) is 0 Å². The Morgan fingerprint density at radius 2 is 2.18 bits per heavy atom. The van der Waals surface area contributed by atoms with Gasteiger partial charge in [-0.15, -0.1) is 0 Å². The Morgan fingerprint density at radius 1 is 1.45 bits per heavy atom. The summed E-state index contributed by atoms with van der Waals surface area (Å²) in [5, 5.41) is 29.6. The van der Waals surface area contributed by atoms with E-state index in [2.05, 4.69) is 15.0 Å². The number of fused-ring (bicyclic) bond motifs is 1. The average molecular weight is 332 g/mol. The molecule has 1 saturated heterocycles. The van der Waals surface area contributed by atoms with Crippen molar-refractivity contribution in [2.45, 2.75) is 17.9 Å². The molecule has 0 aliphatic carbocycles. The predicted molar refractivity (Wildman–Crippen MR) is 74.3 cm³/mol. The Kier molecular flexibility index (Phi) is 3.57. The van der Waals surface area contributed by atoms with Crippen LogP contribution in [-0.4, -0.2) is 67.4 Å². The number of hydrogen-bond donors (Lipinski definition) is 4. The minimum Gasteiger partial charge on any atom is -0.479 e. The van der Waals surface area contributed by atoms with Gasteiger partial charge in [-0.05, 0) is 11.6 Å². The van der Waals surface area contributed by atoms with E-state index in [1.807, 2.05) is 0 Å². The fraction of sp³-hybridized carbons (Fsp3) is 0.545. The number of rotatable bonds is 3. The van der Waals surface area contributed by atoms with E-state index < -0.39 is 24.5 Å². The summed E-state index contributed by atoms with van der Waals surface area (Å²) in [6, 6.07) is 0. The van der Waals surface area contributed by atoms with Gasteiger partial charge in [0.05, 0.1) is 20.3 Å². The fourth-order valence-electron chi connectivity index (χ4n) is 2.51. The molecular formula is C11H14ClN5O5.